The second kappa shape index (κ2) is 7.09. The van der Waals surface area contributed by atoms with E-state index >= 15 is 0 Å². The van der Waals surface area contributed by atoms with Gasteiger partial charge >= 0.3 is 0 Å². The molecule has 1 saturated heterocycles. The summed E-state index contributed by atoms with van der Waals surface area (Å²) in [4.78, 5) is 14.6. The molecule has 0 radical (unpaired) electrons. The van der Waals surface area contributed by atoms with Gasteiger partial charge in [-0.05, 0) is 43.9 Å². The van der Waals surface area contributed by atoms with Gasteiger partial charge in [-0.25, -0.2) is 0 Å². The molecular weight excluding hydrogens is 393 g/mol. The van der Waals surface area contributed by atoms with Gasteiger partial charge in [-0.2, -0.15) is 0 Å². The minimum atomic E-state index is 0.108. The van der Waals surface area contributed by atoms with Gasteiger partial charge in [0, 0.05) is 33.0 Å². The van der Waals surface area contributed by atoms with Crippen molar-refractivity contribution in [3.05, 3.63) is 32.7 Å². The van der Waals surface area contributed by atoms with Crippen molar-refractivity contribution in [2.24, 2.45) is 0 Å². The lowest BCUT2D eigenvalue weighted by Crippen LogP contribution is -2.44. The maximum Gasteiger partial charge on any atom is 0.254 e. The van der Waals surface area contributed by atoms with E-state index in [-0.39, 0.29) is 11.9 Å². The van der Waals surface area contributed by atoms with Crippen LogP contribution >= 0.6 is 43.5 Å². The standard InChI is InChI=1S/C14H16Br2ClNO/c15-11-7-10(8-12(16)9-11)14(19)18-6-2-1-3-13(18)4-5-17/h7-9,13H,1-6H2. The molecule has 19 heavy (non-hydrogen) atoms. The zero-order chi connectivity index (χ0) is 13.8. The molecule has 1 aromatic rings. The van der Waals surface area contributed by atoms with Gasteiger partial charge in [0.2, 0.25) is 0 Å². The topological polar surface area (TPSA) is 20.3 Å². The number of amides is 1. The van der Waals surface area contributed by atoms with E-state index in [9.17, 15) is 4.79 Å². The van der Waals surface area contributed by atoms with Gasteiger partial charge in [-0.3, -0.25) is 4.79 Å². The largest absolute Gasteiger partial charge is 0.336 e. The summed E-state index contributed by atoms with van der Waals surface area (Å²) in [5.41, 5.74) is 0.725. The van der Waals surface area contributed by atoms with E-state index in [4.69, 9.17) is 11.6 Å². The zero-order valence-corrected chi connectivity index (χ0v) is 14.5. The number of hydrogen-bond acceptors (Lipinski definition) is 1. The molecule has 0 aliphatic carbocycles. The van der Waals surface area contributed by atoms with Gasteiger partial charge in [0.25, 0.3) is 5.91 Å². The number of piperidine rings is 1. The summed E-state index contributed by atoms with van der Waals surface area (Å²) in [6.45, 7) is 0.838. The number of likely N-dealkylation sites (tertiary alicyclic amines) is 1. The minimum absolute atomic E-state index is 0.108. The Morgan fingerprint density at radius 3 is 2.58 bits per heavy atom. The predicted molar refractivity (Wildman–Crippen MR) is 85.9 cm³/mol. The number of carbonyl (C=O) groups is 1. The summed E-state index contributed by atoms with van der Waals surface area (Å²) in [7, 11) is 0. The lowest BCUT2D eigenvalue weighted by atomic mass is 9.99. The third kappa shape index (κ3) is 3.96. The second-order valence-electron chi connectivity index (χ2n) is 4.78. The van der Waals surface area contributed by atoms with Crippen molar-refractivity contribution in [3.8, 4) is 0 Å². The van der Waals surface area contributed by atoms with Gasteiger partial charge in [0.1, 0.15) is 0 Å². The number of carbonyl (C=O) groups excluding carboxylic acids is 1. The first kappa shape index (κ1) is 15.3. The molecule has 0 spiro atoms. The summed E-state index contributed by atoms with van der Waals surface area (Å²) in [6.07, 6.45) is 4.21. The van der Waals surface area contributed by atoms with Crippen LogP contribution in [0.4, 0.5) is 0 Å². The Morgan fingerprint density at radius 1 is 1.26 bits per heavy atom. The molecule has 0 aromatic heterocycles. The number of benzene rings is 1. The third-order valence-electron chi connectivity index (χ3n) is 3.44. The van der Waals surface area contributed by atoms with E-state index in [1.54, 1.807) is 0 Å². The lowest BCUT2D eigenvalue weighted by Gasteiger charge is -2.35. The minimum Gasteiger partial charge on any atom is -0.336 e. The molecule has 1 unspecified atom stereocenters. The van der Waals surface area contributed by atoms with Crippen LogP contribution in [0.15, 0.2) is 27.1 Å². The highest BCUT2D eigenvalue weighted by molar-refractivity contribution is 9.11. The third-order valence-corrected chi connectivity index (χ3v) is 4.57. The van der Waals surface area contributed by atoms with Crippen molar-refractivity contribution < 1.29 is 4.79 Å². The molecule has 0 N–H and O–H groups in total. The van der Waals surface area contributed by atoms with Gasteiger partial charge in [-0.1, -0.05) is 31.9 Å². The fourth-order valence-corrected chi connectivity index (χ4v) is 4.08. The summed E-state index contributed by atoms with van der Waals surface area (Å²) >= 11 is 12.7. The summed E-state index contributed by atoms with van der Waals surface area (Å²) < 4.78 is 1.83. The van der Waals surface area contributed by atoms with E-state index in [1.165, 1.54) is 6.42 Å². The van der Waals surface area contributed by atoms with Crippen LogP contribution in [0.25, 0.3) is 0 Å². The Kier molecular flexibility index (Phi) is 5.72. The first-order chi connectivity index (χ1) is 9.11. The molecule has 1 atom stereocenters. The molecule has 1 amide bonds. The normalized spacial score (nSPS) is 19.5. The zero-order valence-electron chi connectivity index (χ0n) is 10.5. The number of alkyl halides is 1. The quantitative estimate of drug-likeness (QED) is 0.655. The highest BCUT2D eigenvalue weighted by Crippen LogP contribution is 2.25. The summed E-state index contributed by atoms with van der Waals surface area (Å²) in [5, 5.41) is 0. The molecular formula is C14H16Br2ClNO. The average Bonchev–Trinajstić information content (AvgIpc) is 2.38. The van der Waals surface area contributed by atoms with Crippen molar-refractivity contribution in [2.45, 2.75) is 31.7 Å². The highest BCUT2D eigenvalue weighted by Gasteiger charge is 2.27. The Balaban J connectivity index is 2.20. The smallest absolute Gasteiger partial charge is 0.254 e. The number of nitrogens with zero attached hydrogens (tertiary/aromatic N) is 1. The average molecular weight is 410 g/mol. The Morgan fingerprint density at radius 2 is 1.95 bits per heavy atom. The summed E-state index contributed by atoms with van der Waals surface area (Å²) in [6, 6.07) is 5.97. The van der Waals surface area contributed by atoms with E-state index in [0.717, 1.165) is 40.3 Å². The van der Waals surface area contributed by atoms with Crippen LogP contribution in [0.3, 0.4) is 0 Å². The van der Waals surface area contributed by atoms with Crippen LogP contribution in [-0.2, 0) is 0 Å². The van der Waals surface area contributed by atoms with E-state index < -0.39 is 0 Å². The molecule has 0 bridgehead atoms. The molecule has 1 aromatic carbocycles. The summed E-state index contributed by atoms with van der Waals surface area (Å²) in [5.74, 6) is 0.716. The van der Waals surface area contributed by atoms with Crippen molar-refractivity contribution in [1.82, 2.24) is 4.90 Å². The van der Waals surface area contributed by atoms with Crippen molar-refractivity contribution in [3.63, 3.8) is 0 Å². The van der Waals surface area contributed by atoms with Gasteiger partial charge in [0.15, 0.2) is 0 Å². The number of rotatable bonds is 3. The molecule has 104 valence electrons. The molecule has 2 nitrogen and oxygen atoms in total. The highest BCUT2D eigenvalue weighted by atomic mass is 79.9. The first-order valence-corrected chi connectivity index (χ1v) is 8.57. The van der Waals surface area contributed by atoms with E-state index in [1.807, 2.05) is 23.1 Å². The van der Waals surface area contributed by atoms with Crippen molar-refractivity contribution in [1.29, 1.82) is 0 Å². The second-order valence-corrected chi connectivity index (χ2v) is 6.99. The maximum atomic E-state index is 12.6. The Labute approximate surface area is 135 Å². The molecule has 1 fully saturated rings. The van der Waals surface area contributed by atoms with Crippen LogP contribution in [0.2, 0.25) is 0 Å². The molecule has 2 rings (SSSR count). The van der Waals surface area contributed by atoms with Gasteiger partial charge in [-0.15, -0.1) is 11.6 Å². The number of hydrogen-bond donors (Lipinski definition) is 0. The predicted octanol–water partition coefficient (Wildman–Crippen LogP) is 4.84. The molecule has 1 aliphatic heterocycles. The fourth-order valence-electron chi connectivity index (χ4n) is 2.54. The van der Waals surface area contributed by atoms with Crippen LogP contribution in [0.1, 0.15) is 36.0 Å². The fraction of sp³-hybridized carbons (Fsp3) is 0.500. The Hall–Kier alpha value is -0.0600. The van der Waals surface area contributed by atoms with Crippen LogP contribution < -0.4 is 0 Å². The molecule has 0 saturated carbocycles. The lowest BCUT2D eigenvalue weighted by molar-refractivity contribution is 0.0609. The first-order valence-electron chi connectivity index (χ1n) is 6.45. The van der Waals surface area contributed by atoms with Crippen molar-refractivity contribution >= 4 is 49.4 Å². The molecule has 1 heterocycles. The monoisotopic (exact) mass is 407 g/mol. The van der Waals surface area contributed by atoms with Crippen LogP contribution in [0, 0.1) is 0 Å². The van der Waals surface area contributed by atoms with Crippen LogP contribution in [-0.4, -0.2) is 29.3 Å². The van der Waals surface area contributed by atoms with E-state index in [0.29, 0.717) is 5.88 Å². The SMILES string of the molecule is O=C(c1cc(Br)cc(Br)c1)N1CCCCC1CCCl. The number of halogens is 3. The maximum absolute atomic E-state index is 12.6. The van der Waals surface area contributed by atoms with Gasteiger partial charge < -0.3 is 4.90 Å². The van der Waals surface area contributed by atoms with Crippen molar-refractivity contribution in [2.75, 3.05) is 12.4 Å². The van der Waals surface area contributed by atoms with E-state index in [2.05, 4.69) is 31.9 Å². The Bertz CT molecular complexity index is 445. The molecule has 5 heteroatoms. The molecule has 1 aliphatic rings. The van der Waals surface area contributed by atoms with Crippen LogP contribution in [0.5, 0.6) is 0 Å². The van der Waals surface area contributed by atoms with Gasteiger partial charge in [0.05, 0.1) is 0 Å².